The Morgan fingerprint density at radius 1 is 1.20 bits per heavy atom. The monoisotopic (exact) mass is 231 g/mol. The fraction of sp³-hybridized carbons (Fsp3) is 1.00. The van der Waals surface area contributed by atoms with E-state index in [4.69, 9.17) is 0 Å². The number of hydrogen-bond acceptors (Lipinski definition) is 3. The van der Waals surface area contributed by atoms with E-state index in [2.05, 4.69) is 12.2 Å². The lowest BCUT2D eigenvalue weighted by molar-refractivity contribution is 0.351. The summed E-state index contributed by atoms with van der Waals surface area (Å²) >= 11 is 0. The molecule has 1 heterocycles. The quantitative estimate of drug-likeness (QED) is 0.797. The molecule has 1 saturated heterocycles. The Hall–Kier alpha value is -0.0900. The molecular weight excluding hydrogens is 210 g/mol. The van der Waals surface area contributed by atoms with Crippen molar-refractivity contribution >= 4 is 9.84 Å². The van der Waals surface area contributed by atoms with Crippen LogP contribution in [0.15, 0.2) is 0 Å². The summed E-state index contributed by atoms with van der Waals surface area (Å²) in [7, 11) is -2.73. The van der Waals surface area contributed by atoms with E-state index in [9.17, 15) is 8.42 Å². The zero-order chi connectivity index (χ0) is 10.9. The van der Waals surface area contributed by atoms with Gasteiger partial charge in [0.1, 0.15) is 0 Å². The third-order valence-electron chi connectivity index (χ3n) is 3.84. The number of sulfone groups is 1. The first kappa shape index (κ1) is 11.4. The van der Waals surface area contributed by atoms with Crippen LogP contribution >= 0.6 is 0 Å². The van der Waals surface area contributed by atoms with Crippen molar-refractivity contribution in [2.75, 3.05) is 11.5 Å². The Morgan fingerprint density at radius 3 is 2.40 bits per heavy atom. The Balaban J connectivity index is 1.82. The molecule has 0 bridgehead atoms. The van der Waals surface area contributed by atoms with Gasteiger partial charge in [-0.2, -0.15) is 0 Å². The van der Waals surface area contributed by atoms with Gasteiger partial charge in [0, 0.05) is 12.1 Å². The van der Waals surface area contributed by atoms with Crippen LogP contribution in [0.3, 0.4) is 0 Å². The van der Waals surface area contributed by atoms with E-state index in [1.165, 1.54) is 25.7 Å². The lowest BCUT2D eigenvalue weighted by atomic mass is 9.99. The molecule has 3 nitrogen and oxygen atoms in total. The summed E-state index contributed by atoms with van der Waals surface area (Å²) < 4.78 is 22.6. The molecular formula is C11H21NO2S. The van der Waals surface area contributed by atoms with E-state index in [0.29, 0.717) is 17.5 Å². The molecule has 1 saturated carbocycles. The zero-order valence-electron chi connectivity index (χ0n) is 9.41. The molecule has 2 aliphatic rings. The molecule has 2 fully saturated rings. The molecule has 4 heteroatoms. The molecule has 1 N–H and O–H groups in total. The van der Waals surface area contributed by atoms with E-state index in [-0.39, 0.29) is 6.04 Å². The SMILES string of the molecule is CC(NC1CCS(=O)(=O)C1)C1CCCC1. The van der Waals surface area contributed by atoms with Crippen LogP contribution in [0, 0.1) is 5.92 Å². The summed E-state index contributed by atoms with van der Waals surface area (Å²) in [6, 6.07) is 0.705. The molecule has 0 aromatic carbocycles. The fourth-order valence-electron chi connectivity index (χ4n) is 2.89. The molecule has 15 heavy (non-hydrogen) atoms. The van der Waals surface area contributed by atoms with Gasteiger partial charge in [-0.3, -0.25) is 0 Å². The normalized spacial score (nSPS) is 33.3. The summed E-state index contributed by atoms with van der Waals surface area (Å²) in [4.78, 5) is 0. The molecule has 2 unspecified atom stereocenters. The molecule has 2 rings (SSSR count). The topological polar surface area (TPSA) is 46.2 Å². The van der Waals surface area contributed by atoms with Crippen LogP contribution in [0.2, 0.25) is 0 Å². The van der Waals surface area contributed by atoms with Crippen molar-refractivity contribution in [1.29, 1.82) is 0 Å². The van der Waals surface area contributed by atoms with E-state index in [1.54, 1.807) is 0 Å². The predicted molar refractivity (Wildman–Crippen MR) is 61.6 cm³/mol. The second kappa shape index (κ2) is 4.42. The van der Waals surface area contributed by atoms with Gasteiger partial charge in [0.05, 0.1) is 11.5 Å². The molecule has 88 valence electrons. The average molecular weight is 231 g/mol. The average Bonchev–Trinajstić information content (AvgIpc) is 2.74. The number of nitrogens with one attached hydrogen (secondary N) is 1. The van der Waals surface area contributed by atoms with E-state index in [0.717, 1.165) is 12.3 Å². The highest BCUT2D eigenvalue weighted by Crippen LogP contribution is 2.28. The summed E-state index contributed by atoms with van der Waals surface area (Å²) in [5.41, 5.74) is 0. The molecule has 0 radical (unpaired) electrons. The van der Waals surface area contributed by atoms with E-state index >= 15 is 0 Å². The van der Waals surface area contributed by atoms with Crippen molar-refractivity contribution in [2.45, 2.75) is 51.1 Å². The molecule has 0 spiro atoms. The maximum Gasteiger partial charge on any atom is 0.151 e. The van der Waals surface area contributed by atoms with Crippen molar-refractivity contribution < 1.29 is 8.42 Å². The molecule has 0 aromatic rings. The zero-order valence-corrected chi connectivity index (χ0v) is 10.2. The van der Waals surface area contributed by atoms with Crippen LogP contribution < -0.4 is 5.32 Å². The van der Waals surface area contributed by atoms with Gasteiger partial charge >= 0.3 is 0 Å². The van der Waals surface area contributed by atoms with Gasteiger partial charge in [0.2, 0.25) is 0 Å². The summed E-state index contributed by atoms with van der Waals surface area (Å²) in [5.74, 6) is 1.50. The van der Waals surface area contributed by atoms with Gasteiger partial charge in [-0.05, 0) is 32.1 Å². The predicted octanol–water partition coefficient (Wildman–Crippen LogP) is 1.34. The van der Waals surface area contributed by atoms with Gasteiger partial charge in [0.25, 0.3) is 0 Å². The van der Waals surface area contributed by atoms with Crippen molar-refractivity contribution in [1.82, 2.24) is 5.32 Å². The number of rotatable bonds is 3. The van der Waals surface area contributed by atoms with Crippen LogP contribution in [0.5, 0.6) is 0 Å². The second-order valence-corrected chi connectivity index (χ2v) is 7.33. The van der Waals surface area contributed by atoms with Crippen LogP contribution in [0.25, 0.3) is 0 Å². The summed E-state index contributed by atoms with van der Waals surface area (Å²) in [5, 5.41) is 3.50. The fourth-order valence-corrected chi connectivity index (χ4v) is 4.58. The largest absolute Gasteiger partial charge is 0.310 e. The smallest absolute Gasteiger partial charge is 0.151 e. The minimum Gasteiger partial charge on any atom is -0.310 e. The number of hydrogen-bond donors (Lipinski definition) is 1. The minimum atomic E-state index is -2.73. The molecule has 0 amide bonds. The highest BCUT2D eigenvalue weighted by molar-refractivity contribution is 7.91. The molecule has 0 aromatic heterocycles. The Kier molecular flexibility index (Phi) is 3.36. The third-order valence-corrected chi connectivity index (χ3v) is 5.61. The Morgan fingerprint density at radius 2 is 1.87 bits per heavy atom. The van der Waals surface area contributed by atoms with Gasteiger partial charge < -0.3 is 5.32 Å². The van der Waals surface area contributed by atoms with E-state index < -0.39 is 9.84 Å². The van der Waals surface area contributed by atoms with Gasteiger partial charge in [0.15, 0.2) is 9.84 Å². The third kappa shape index (κ3) is 2.94. The van der Waals surface area contributed by atoms with Crippen LogP contribution in [-0.4, -0.2) is 32.0 Å². The van der Waals surface area contributed by atoms with Crippen LogP contribution in [0.4, 0.5) is 0 Å². The first-order chi connectivity index (χ1) is 7.07. The summed E-state index contributed by atoms with van der Waals surface area (Å²) in [6.45, 7) is 2.21. The first-order valence-corrected chi connectivity index (χ1v) is 7.85. The van der Waals surface area contributed by atoms with Crippen molar-refractivity contribution in [3.8, 4) is 0 Å². The molecule has 1 aliphatic carbocycles. The maximum absolute atomic E-state index is 11.3. The molecule has 1 aliphatic heterocycles. The first-order valence-electron chi connectivity index (χ1n) is 6.03. The highest BCUT2D eigenvalue weighted by atomic mass is 32.2. The Labute approximate surface area is 92.6 Å². The van der Waals surface area contributed by atoms with Crippen molar-refractivity contribution in [3.63, 3.8) is 0 Å². The van der Waals surface area contributed by atoms with E-state index in [1.807, 2.05) is 0 Å². The minimum absolute atomic E-state index is 0.214. The lowest BCUT2D eigenvalue weighted by Crippen LogP contribution is -2.40. The molecule has 2 atom stereocenters. The standard InChI is InChI=1S/C11H21NO2S/c1-9(10-4-2-3-5-10)12-11-6-7-15(13,14)8-11/h9-12H,2-8H2,1H3. The van der Waals surface area contributed by atoms with Crippen molar-refractivity contribution in [2.24, 2.45) is 5.92 Å². The van der Waals surface area contributed by atoms with Crippen molar-refractivity contribution in [3.05, 3.63) is 0 Å². The van der Waals surface area contributed by atoms with Gasteiger partial charge in [-0.15, -0.1) is 0 Å². The van der Waals surface area contributed by atoms with Gasteiger partial charge in [-0.1, -0.05) is 12.8 Å². The maximum atomic E-state index is 11.3. The van der Waals surface area contributed by atoms with Gasteiger partial charge in [-0.25, -0.2) is 8.42 Å². The van der Waals surface area contributed by atoms with Crippen LogP contribution in [0.1, 0.15) is 39.0 Å². The highest BCUT2D eigenvalue weighted by Gasteiger charge is 2.30. The van der Waals surface area contributed by atoms with Crippen LogP contribution in [-0.2, 0) is 9.84 Å². The lowest BCUT2D eigenvalue weighted by Gasteiger charge is -2.23. The second-order valence-electron chi connectivity index (χ2n) is 5.10. The summed E-state index contributed by atoms with van der Waals surface area (Å²) in [6.07, 6.45) is 6.12. The Bertz CT molecular complexity index is 307.